The highest BCUT2D eigenvalue weighted by molar-refractivity contribution is 5.54. The van der Waals surface area contributed by atoms with Crippen molar-refractivity contribution in [3.05, 3.63) is 80.7 Å². The normalized spacial score (nSPS) is 11.6. The molecule has 0 bridgehead atoms. The van der Waals surface area contributed by atoms with Gasteiger partial charge in [0.15, 0.2) is 0 Å². The van der Waals surface area contributed by atoms with E-state index in [2.05, 4.69) is 9.40 Å². The molecule has 0 N–H and O–H groups in total. The zero-order chi connectivity index (χ0) is 19.1. The maximum atomic E-state index is 13.7. The Morgan fingerprint density at radius 1 is 0.923 bits per heavy atom. The molecule has 0 aliphatic carbocycles. The van der Waals surface area contributed by atoms with Crippen molar-refractivity contribution in [2.75, 3.05) is 0 Å². The second kappa shape index (κ2) is 6.21. The third-order valence-corrected chi connectivity index (χ3v) is 3.38. The molecule has 0 amide bonds. The number of hydrogen-bond donors (Lipinski definition) is 0. The van der Waals surface area contributed by atoms with E-state index in [1.807, 2.05) is 0 Å². The zero-order valence-corrected chi connectivity index (χ0v) is 12.6. The lowest BCUT2D eigenvalue weighted by Crippen LogP contribution is -2.33. The Balaban J connectivity index is 2.12. The van der Waals surface area contributed by atoms with Gasteiger partial charge in [0.05, 0.1) is 11.3 Å². The molecular formula is C16H7F5N2O3. The Morgan fingerprint density at radius 2 is 1.50 bits per heavy atom. The number of aromatic nitrogens is 2. The molecule has 3 rings (SSSR count). The van der Waals surface area contributed by atoms with Gasteiger partial charge < -0.3 is 4.42 Å². The monoisotopic (exact) mass is 370 g/mol. The van der Waals surface area contributed by atoms with Crippen LogP contribution in [0.5, 0.6) is 0 Å². The quantitative estimate of drug-likeness (QED) is 0.650. The van der Waals surface area contributed by atoms with Gasteiger partial charge in [-0.15, -0.1) is 0 Å². The number of alkyl halides is 3. The van der Waals surface area contributed by atoms with Crippen LogP contribution in [0.4, 0.5) is 22.0 Å². The molecule has 3 aromatic rings. The minimum absolute atomic E-state index is 0.246. The Kier molecular flexibility index (Phi) is 4.18. The van der Waals surface area contributed by atoms with E-state index in [4.69, 9.17) is 0 Å². The van der Waals surface area contributed by atoms with Crippen LogP contribution in [0.2, 0.25) is 0 Å². The van der Waals surface area contributed by atoms with Crippen molar-refractivity contribution in [3.63, 3.8) is 0 Å². The first-order valence-corrected chi connectivity index (χ1v) is 6.94. The molecule has 5 nitrogen and oxygen atoms in total. The highest BCUT2D eigenvalue weighted by Crippen LogP contribution is 2.29. The van der Waals surface area contributed by atoms with Crippen LogP contribution in [0, 0.1) is 11.6 Å². The number of benzene rings is 2. The molecule has 26 heavy (non-hydrogen) atoms. The molecular weight excluding hydrogens is 363 g/mol. The fraction of sp³-hybridized carbons (Fsp3) is 0.0625. The van der Waals surface area contributed by atoms with Crippen molar-refractivity contribution < 1.29 is 26.4 Å². The van der Waals surface area contributed by atoms with E-state index in [0.717, 1.165) is 30.3 Å². The second-order valence-electron chi connectivity index (χ2n) is 5.04. The molecule has 0 saturated heterocycles. The van der Waals surface area contributed by atoms with E-state index < -0.39 is 46.3 Å². The molecule has 0 unspecified atom stereocenters. The topological polar surface area (TPSA) is 65.1 Å². The molecule has 0 radical (unpaired) electrons. The molecule has 2 aromatic carbocycles. The fourth-order valence-electron chi connectivity index (χ4n) is 2.19. The molecule has 10 heteroatoms. The SMILES string of the molecule is O=c1nc(-c2c(F)cccc2F)oc(=O)n1-c1ccc(C(F)(F)F)cc1. The molecule has 134 valence electrons. The third-order valence-electron chi connectivity index (χ3n) is 3.38. The minimum atomic E-state index is -4.60. The van der Waals surface area contributed by atoms with Crippen LogP contribution >= 0.6 is 0 Å². The summed E-state index contributed by atoms with van der Waals surface area (Å²) in [6.45, 7) is 0. The second-order valence-corrected chi connectivity index (χ2v) is 5.04. The molecule has 0 fully saturated rings. The van der Waals surface area contributed by atoms with Crippen LogP contribution in [0.15, 0.2) is 56.5 Å². The van der Waals surface area contributed by atoms with Crippen LogP contribution in [0.1, 0.15) is 5.56 Å². The van der Waals surface area contributed by atoms with Gasteiger partial charge in [0.25, 0.3) is 0 Å². The first kappa shape index (κ1) is 17.5. The summed E-state index contributed by atoms with van der Waals surface area (Å²) in [5, 5.41) is 0. The van der Waals surface area contributed by atoms with Crippen molar-refractivity contribution >= 4 is 0 Å². The van der Waals surface area contributed by atoms with Crippen molar-refractivity contribution in [3.8, 4) is 17.1 Å². The lowest BCUT2D eigenvalue weighted by atomic mass is 10.2. The molecule has 0 atom stereocenters. The summed E-state index contributed by atoms with van der Waals surface area (Å²) in [6, 6.07) is 5.87. The standard InChI is InChI=1S/C16H7F5N2O3/c17-10-2-1-3-11(18)12(10)13-22-14(24)23(15(25)26-13)9-6-4-8(5-7-9)16(19,20)21/h1-7H. The van der Waals surface area contributed by atoms with Crippen LogP contribution in [-0.2, 0) is 6.18 Å². The van der Waals surface area contributed by atoms with E-state index >= 15 is 0 Å². The van der Waals surface area contributed by atoms with Crippen LogP contribution < -0.4 is 11.4 Å². The van der Waals surface area contributed by atoms with Gasteiger partial charge in [0.2, 0.25) is 5.89 Å². The molecule has 1 aromatic heterocycles. The van der Waals surface area contributed by atoms with Gasteiger partial charge in [0.1, 0.15) is 17.2 Å². The summed E-state index contributed by atoms with van der Waals surface area (Å²) < 4.78 is 70.2. The first-order chi connectivity index (χ1) is 12.2. The van der Waals surface area contributed by atoms with Crippen LogP contribution in [-0.4, -0.2) is 9.55 Å². The summed E-state index contributed by atoms with van der Waals surface area (Å²) in [7, 11) is 0. The van der Waals surface area contributed by atoms with Crippen LogP contribution in [0.25, 0.3) is 17.1 Å². The number of rotatable bonds is 2. The van der Waals surface area contributed by atoms with Gasteiger partial charge in [0, 0.05) is 0 Å². The van der Waals surface area contributed by atoms with Crippen LogP contribution in [0.3, 0.4) is 0 Å². The van der Waals surface area contributed by atoms with Gasteiger partial charge in [-0.2, -0.15) is 22.7 Å². The summed E-state index contributed by atoms with van der Waals surface area (Å²) in [6.07, 6.45) is -4.60. The fourth-order valence-corrected chi connectivity index (χ4v) is 2.19. The largest absolute Gasteiger partial charge is 0.429 e. The molecule has 0 aliphatic rings. The van der Waals surface area contributed by atoms with E-state index in [9.17, 15) is 31.5 Å². The predicted octanol–water partition coefficient (Wildman–Crippen LogP) is 3.15. The Hall–Kier alpha value is -3.30. The maximum Gasteiger partial charge on any atom is 0.429 e. The Bertz CT molecular complexity index is 1030. The highest BCUT2D eigenvalue weighted by atomic mass is 19.4. The molecule has 1 heterocycles. The number of halogens is 5. The third kappa shape index (κ3) is 3.13. The van der Waals surface area contributed by atoms with Gasteiger partial charge in [-0.05, 0) is 36.4 Å². The smallest absolute Gasteiger partial charge is 0.389 e. The van der Waals surface area contributed by atoms with Gasteiger partial charge in [-0.25, -0.2) is 18.4 Å². The van der Waals surface area contributed by atoms with E-state index in [0.29, 0.717) is 16.7 Å². The van der Waals surface area contributed by atoms with E-state index in [1.165, 1.54) is 0 Å². The summed E-state index contributed by atoms with van der Waals surface area (Å²) in [5.74, 6) is -4.44. The summed E-state index contributed by atoms with van der Waals surface area (Å²) >= 11 is 0. The first-order valence-electron chi connectivity index (χ1n) is 6.94. The van der Waals surface area contributed by atoms with E-state index in [-0.39, 0.29) is 5.69 Å². The summed E-state index contributed by atoms with van der Waals surface area (Å²) in [5.41, 5.74) is -3.30. The lowest BCUT2D eigenvalue weighted by Gasteiger charge is -2.08. The minimum Gasteiger partial charge on any atom is -0.389 e. The Labute approximate surface area is 141 Å². The maximum absolute atomic E-state index is 13.7. The number of hydrogen-bond acceptors (Lipinski definition) is 4. The van der Waals surface area contributed by atoms with E-state index in [1.54, 1.807) is 0 Å². The highest BCUT2D eigenvalue weighted by Gasteiger charge is 2.30. The zero-order valence-electron chi connectivity index (χ0n) is 12.6. The van der Waals surface area contributed by atoms with Gasteiger partial charge in [-0.3, -0.25) is 0 Å². The molecule has 0 saturated carbocycles. The average molecular weight is 370 g/mol. The van der Waals surface area contributed by atoms with Crippen molar-refractivity contribution in [1.82, 2.24) is 9.55 Å². The summed E-state index contributed by atoms with van der Waals surface area (Å²) in [4.78, 5) is 27.4. The predicted molar refractivity (Wildman–Crippen MR) is 78.7 cm³/mol. The van der Waals surface area contributed by atoms with Crippen molar-refractivity contribution in [2.45, 2.75) is 6.18 Å². The van der Waals surface area contributed by atoms with Gasteiger partial charge in [-0.1, -0.05) is 6.07 Å². The van der Waals surface area contributed by atoms with Crippen molar-refractivity contribution in [2.24, 2.45) is 0 Å². The Morgan fingerprint density at radius 3 is 2.00 bits per heavy atom. The molecule has 0 spiro atoms. The number of nitrogens with zero attached hydrogens (tertiary/aromatic N) is 2. The lowest BCUT2D eigenvalue weighted by molar-refractivity contribution is -0.137. The van der Waals surface area contributed by atoms with Gasteiger partial charge >= 0.3 is 17.6 Å². The van der Waals surface area contributed by atoms with Crippen molar-refractivity contribution in [1.29, 1.82) is 0 Å². The average Bonchev–Trinajstić information content (AvgIpc) is 2.54. The molecule has 0 aliphatic heterocycles.